The molecule has 0 spiro atoms. The molecule has 17 nitrogen and oxygen atoms in total. The third-order valence-corrected chi connectivity index (χ3v) is 7.77. The summed E-state index contributed by atoms with van der Waals surface area (Å²) in [5, 5.41) is 44.7. The molecule has 4 amide bonds. The Morgan fingerprint density at radius 2 is 1.74 bits per heavy atom. The quantitative estimate of drug-likeness (QED) is 0.0877. The molecule has 3 rings (SSSR count). The van der Waals surface area contributed by atoms with Crippen LogP contribution >= 0.6 is 0 Å². The van der Waals surface area contributed by atoms with Gasteiger partial charge in [-0.3, -0.25) is 28.9 Å². The number of carbonyl (C=O) groups is 6. The average Bonchev–Trinajstić information content (AvgIpc) is 3.30. The number of carbonyl (C=O) groups excluding carboxylic acids is 5. The molecule has 2 heterocycles. The van der Waals surface area contributed by atoms with Crippen molar-refractivity contribution in [2.24, 2.45) is 23.5 Å². The van der Waals surface area contributed by atoms with E-state index in [9.17, 15) is 49.2 Å². The average molecular weight is 667 g/mol. The fourth-order valence-corrected chi connectivity index (χ4v) is 4.95. The number of nitrogens with zero attached hydrogens (tertiary/aromatic N) is 1. The van der Waals surface area contributed by atoms with Gasteiger partial charge in [0, 0.05) is 43.5 Å². The Hall–Kier alpha value is -4.16. The standard InChI is InChI=1S/C30H42N4O13/c1-13(2)17-10-21(36)34(27(17)41)19(11-31)26(40)32-8-7-20(35)33-18-9-16(6-5-15(18)12-45-29(44)14(3)4)46-30-24(39)22(37)23(38)25(47-30)28(42)43/h5-6,9,13-14,17,19,22-25,30,37-39H,7-8,10-12,31H2,1-4H3,(H,32,40)(H,33,35)(H,42,43). The predicted molar refractivity (Wildman–Crippen MR) is 160 cm³/mol. The van der Waals surface area contributed by atoms with E-state index >= 15 is 0 Å². The van der Waals surface area contributed by atoms with Gasteiger partial charge in [0.2, 0.25) is 29.9 Å². The van der Waals surface area contributed by atoms with Gasteiger partial charge in [0.15, 0.2) is 6.10 Å². The fourth-order valence-electron chi connectivity index (χ4n) is 4.95. The van der Waals surface area contributed by atoms with Crippen molar-refractivity contribution in [3.05, 3.63) is 23.8 Å². The maximum atomic E-state index is 12.9. The summed E-state index contributed by atoms with van der Waals surface area (Å²) in [7, 11) is 0. The van der Waals surface area contributed by atoms with E-state index in [0.29, 0.717) is 5.56 Å². The van der Waals surface area contributed by atoms with Crippen LogP contribution in [0.1, 0.15) is 46.1 Å². The summed E-state index contributed by atoms with van der Waals surface area (Å²) < 4.78 is 16.0. The highest BCUT2D eigenvalue weighted by molar-refractivity contribution is 6.07. The molecule has 1 aromatic carbocycles. The van der Waals surface area contributed by atoms with Gasteiger partial charge in [-0.25, -0.2) is 4.79 Å². The molecule has 260 valence electrons. The number of carboxylic acids is 1. The van der Waals surface area contributed by atoms with E-state index in [2.05, 4.69) is 10.6 Å². The van der Waals surface area contributed by atoms with E-state index in [4.69, 9.17) is 19.9 Å². The topological polar surface area (TPSA) is 264 Å². The number of ether oxygens (including phenoxy) is 3. The number of esters is 1. The highest BCUT2D eigenvalue weighted by Gasteiger charge is 2.48. The second kappa shape index (κ2) is 16.1. The zero-order valence-electron chi connectivity index (χ0n) is 26.5. The molecular formula is C30H42N4O13. The molecule has 2 aliphatic heterocycles. The maximum Gasteiger partial charge on any atom is 0.335 e. The minimum atomic E-state index is -1.93. The Labute approximate surface area is 270 Å². The molecule has 0 aliphatic carbocycles. The highest BCUT2D eigenvalue weighted by atomic mass is 16.7. The Bertz CT molecular complexity index is 1350. The van der Waals surface area contributed by atoms with Crippen molar-refractivity contribution in [1.29, 1.82) is 0 Å². The Morgan fingerprint density at radius 3 is 2.32 bits per heavy atom. The van der Waals surface area contributed by atoms with Gasteiger partial charge in [-0.15, -0.1) is 0 Å². The minimum absolute atomic E-state index is 0.0191. The predicted octanol–water partition coefficient (Wildman–Crippen LogP) is -1.54. The van der Waals surface area contributed by atoms with Crippen LogP contribution in [0.25, 0.3) is 0 Å². The van der Waals surface area contributed by atoms with E-state index in [-0.39, 0.29) is 49.9 Å². The minimum Gasteiger partial charge on any atom is -0.479 e. The van der Waals surface area contributed by atoms with E-state index < -0.39 is 84.2 Å². The monoisotopic (exact) mass is 666 g/mol. The zero-order valence-corrected chi connectivity index (χ0v) is 26.5. The summed E-state index contributed by atoms with van der Waals surface area (Å²) in [5.74, 6) is -5.57. The first-order chi connectivity index (χ1) is 22.1. The molecule has 17 heteroatoms. The summed E-state index contributed by atoms with van der Waals surface area (Å²) in [6.45, 7) is 6.10. The van der Waals surface area contributed by atoms with E-state index in [1.807, 2.05) is 0 Å². The number of imide groups is 1. The number of carboxylic acid groups (broad SMARTS) is 1. The Balaban J connectivity index is 1.70. The van der Waals surface area contributed by atoms with Crippen LogP contribution in [-0.4, -0.2) is 111 Å². The van der Waals surface area contributed by atoms with Crippen LogP contribution in [0.5, 0.6) is 5.75 Å². The normalized spacial score (nSPS) is 25.1. The molecule has 8 N–H and O–H groups in total. The van der Waals surface area contributed by atoms with Crippen LogP contribution in [0.4, 0.5) is 5.69 Å². The molecule has 47 heavy (non-hydrogen) atoms. The van der Waals surface area contributed by atoms with E-state index in [1.165, 1.54) is 18.2 Å². The lowest BCUT2D eigenvalue weighted by Gasteiger charge is -2.38. The van der Waals surface area contributed by atoms with Gasteiger partial charge in [-0.1, -0.05) is 27.7 Å². The number of aliphatic hydroxyl groups excluding tert-OH is 3. The number of benzene rings is 1. The van der Waals surface area contributed by atoms with Gasteiger partial charge < -0.3 is 51.0 Å². The summed E-state index contributed by atoms with van der Waals surface area (Å²) in [6.07, 6.45) is -9.59. The van der Waals surface area contributed by atoms with Crippen LogP contribution in [0.2, 0.25) is 0 Å². The third-order valence-electron chi connectivity index (χ3n) is 7.77. The largest absolute Gasteiger partial charge is 0.479 e. The molecule has 2 fully saturated rings. The first kappa shape index (κ1) is 37.3. The van der Waals surface area contributed by atoms with Crippen LogP contribution in [0.3, 0.4) is 0 Å². The number of nitrogens with two attached hydrogens (primary N) is 1. The maximum absolute atomic E-state index is 12.9. The third kappa shape index (κ3) is 9.01. The van der Waals surface area contributed by atoms with Crippen molar-refractivity contribution < 1.29 is 63.4 Å². The highest BCUT2D eigenvalue weighted by Crippen LogP contribution is 2.30. The lowest BCUT2D eigenvalue weighted by atomic mass is 9.94. The fraction of sp³-hybridized carbons (Fsp3) is 0.600. The van der Waals surface area contributed by atoms with Crippen LogP contribution < -0.4 is 21.1 Å². The number of hydrogen-bond donors (Lipinski definition) is 7. The number of rotatable bonds is 14. The summed E-state index contributed by atoms with van der Waals surface area (Å²) in [4.78, 5) is 75.4. The molecule has 0 aromatic heterocycles. The van der Waals surface area contributed by atoms with Crippen molar-refractivity contribution in [3.63, 3.8) is 0 Å². The van der Waals surface area contributed by atoms with Crippen molar-refractivity contribution in [3.8, 4) is 5.75 Å². The van der Waals surface area contributed by atoms with Crippen LogP contribution in [-0.2, 0) is 44.8 Å². The van der Waals surface area contributed by atoms with Crippen molar-refractivity contribution in [2.45, 2.75) is 83.9 Å². The molecule has 0 radical (unpaired) electrons. The number of aliphatic hydroxyl groups is 3. The number of hydrogen-bond acceptors (Lipinski definition) is 13. The molecule has 0 bridgehead atoms. The molecular weight excluding hydrogens is 624 g/mol. The van der Waals surface area contributed by atoms with E-state index in [1.54, 1.807) is 27.7 Å². The number of likely N-dealkylation sites (tertiary alicyclic amines) is 1. The zero-order chi connectivity index (χ0) is 35.2. The van der Waals surface area contributed by atoms with Gasteiger partial charge in [0.1, 0.15) is 36.7 Å². The van der Waals surface area contributed by atoms with Gasteiger partial charge in [-0.2, -0.15) is 0 Å². The van der Waals surface area contributed by atoms with Crippen LogP contribution in [0.15, 0.2) is 18.2 Å². The second-order valence-corrected chi connectivity index (χ2v) is 11.9. The number of nitrogens with one attached hydrogen (secondary N) is 2. The summed E-state index contributed by atoms with van der Waals surface area (Å²) >= 11 is 0. The Morgan fingerprint density at radius 1 is 1.06 bits per heavy atom. The van der Waals surface area contributed by atoms with Gasteiger partial charge in [0.25, 0.3) is 0 Å². The SMILES string of the molecule is CC(C)C(=O)OCc1ccc(OC2OC(C(=O)O)C(O)C(O)C2O)cc1NC(=O)CCNC(=O)C(CN)N1C(=O)CC(C(C)C)C1=O. The number of amides is 4. The molecule has 2 saturated heterocycles. The first-order valence-corrected chi connectivity index (χ1v) is 15.1. The second-order valence-electron chi connectivity index (χ2n) is 11.9. The first-order valence-electron chi connectivity index (χ1n) is 15.1. The smallest absolute Gasteiger partial charge is 0.335 e. The van der Waals surface area contributed by atoms with Crippen molar-refractivity contribution in [1.82, 2.24) is 10.2 Å². The van der Waals surface area contributed by atoms with Crippen molar-refractivity contribution >= 4 is 41.3 Å². The van der Waals surface area contributed by atoms with Gasteiger partial charge in [0.05, 0.1) is 11.6 Å². The molecule has 7 unspecified atom stereocenters. The summed E-state index contributed by atoms with van der Waals surface area (Å²) in [6, 6.07) is 2.82. The molecule has 2 aliphatic rings. The summed E-state index contributed by atoms with van der Waals surface area (Å²) in [5.41, 5.74) is 6.14. The lowest BCUT2D eigenvalue weighted by molar-refractivity contribution is -0.271. The lowest BCUT2D eigenvalue weighted by Crippen LogP contribution is -2.61. The number of aliphatic carboxylic acids is 1. The van der Waals surface area contributed by atoms with E-state index in [0.717, 1.165) is 4.90 Å². The molecule has 0 saturated carbocycles. The van der Waals surface area contributed by atoms with Crippen LogP contribution in [0, 0.1) is 17.8 Å². The number of anilines is 1. The molecule has 7 atom stereocenters. The van der Waals surface area contributed by atoms with Gasteiger partial charge in [-0.05, 0) is 18.1 Å². The van der Waals surface area contributed by atoms with Gasteiger partial charge >= 0.3 is 11.9 Å². The van der Waals surface area contributed by atoms with Crippen molar-refractivity contribution in [2.75, 3.05) is 18.4 Å². The molecule has 1 aromatic rings. The Kier molecular flexibility index (Phi) is 12.8.